The Morgan fingerprint density at radius 2 is 2.04 bits per heavy atom. The number of aromatic nitrogens is 1. The van der Waals surface area contributed by atoms with Gasteiger partial charge in [0.1, 0.15) is 11.4 Å². The molecule has 0 saturated carbocycles. The molecule has 0 saturated heterocycles. The minimum absolute atomic E-state index is 0.122. The summed E-state index contributed by atoms with van der Waals surface area (Å²) in [7, 11) is 0. The van der Waals surface area contributed by atoms with Crippen LogP contribution in [-0.4, -0.2) is 16.5 Å². The number of benzene rings is 2. The van der Waals surface area contributed by atoms with Crippen molar-refractivity contribution in [1.82, 2.24) is 4.98 Å². The quantitative estimate of drug-likeness (QED) is 0.747. The predicted molar refractivity (Wildman–Crippen MR) is 99.2 cm³/mol. The molecule has 1 aliphatic heterocycles. The molecule has 3 aromatic rings. The van der Waals surface area contributed by atoms with Gasteiger partial charge in [-0.05, 0) is 68.7 Å². The predicted octanol–water partition coefficient (Wildman–Crippen LogP) is 4.59. The molecule has 1 amide bonds. The molecule has 0 fully saturated rings. The van der Waals surface area contributed by atoms with Gasteiger partial charge in [-0.15, -0.1) is 0 Å². The van der Waals surface area contributed by atoms with Crippen LogP contribution >= 0.6 is 0 Å². The highest BCUT2D eigenvalue weighted by molar-refractivity contribution is 6.05. The SMILES string of the molecule is CC1(C)CCc2cc(C(=O)Nc3ccc4cccnc4c3)ccc2O1. The van der Waals surface area contributed by atoms with Gasteiger partial charge >= 0.3 is 0 Å². The second-order valence-electron chi connectivity index (χ2n) is 7.05. The van der Waals surface area contributed by atoms with Crippen LogP contribution in [0.25, 0.3) is 10.9 Å². The average molecular weight is 332 g/mol. The van der Waals surface area contributed by atoms with Crippen molar-refractivity contribution in [2.24, 2.45) is 0 Å². The first kappa shape index (κ1) is 15.6. The number of fused-ring (bicyclic) bond motifs is 2. The van der Waals surface area contributed by atoms with Gasteiger partial charge in [0.2, 0.25) is 0 Å². The van der Waals surface area contributed by atoms with E-state index in [2.05, 4.69) is 24.1 Å². The number of rotatable bonds is 2. The van der Waals surface area contributed by atoms with Crippen LogP contribution in [0, 0.1) is 0 Å². The van der Waals surface area contributed by atoms with Crippen LogP contribution in [0.1, 0.15) is 36.2 Å². The Labute approximate surface area is 146 Å². The van der Waals surface area contributed by atoms with Crippen molar-refractivity contribution in [1.29, 1.82) is 0 Å². The molecular formula is C21H20N2O2. The fourth-order valence-electron chi connectivity index (χ4n) is 3.15. The third-order valence-corrected chi connectivity index (χ3v) is 4.57. The molecule has 1 aliphatic rings. The Hall–Kier alpha value is -2.88. The summed E-state index contributed by atoms with van der Waals surface area (Å²) in [5, 5.41) is 4.00. The molecule has 1 aromatic heterocycles. The van der Waals surface area contributed by atoms with E-state index in [0.29, 0.717) is 5.56 Å². The lowest BCUT2D eigenvalue weighted by Crippen LogP contribution is -2.32. The van der Waals surface area contributed by atoms with Crippen molar-refractivity contribution in [3.05, 3.63) is 65.9 Å². The van der Waals surface area contributed by atoms with Gasteiger partial charge in [-0.3, -0.25) is 9.78 Å². The highest BCUT2D eigenvalue weighted by atomic mass is 16.5. The molecule has 4 rings (SSSR count). The normalized spacial score (nSPS) is 15.3. The zero-order valence-electron chi connectivity index (χ0n) is 14.4. The van der Waals surface area contributed by atoms with Crippen LogP contribution < -0.4 is 10.1 Å². The number of aryl methyl sites for hydroxylation is 1. The molecule has 2 heterocycles. The minimum atomic E-state index is -0.144. The summed E-state index contributed by atoms with van der Waals surface area (Å²) < 4.78 is 5.98. The van der Waals surface area contributed by atoms with Crippen LogP contribution in [0.15, 0.2) is 54.7 Å². The number of ether oxygens (including phenoxy) is 1. The van der Waals surface area contributed by atoms with E-state index in [1.165, 1.54) is 0 Å². The van der Waals surface area contributed by atoms with Gasteiger partial charge in [-0.2, -0.15) is 0 Å². The molecule has 2 aromatic carbocycles. The van der Waals surface area contributed by atoms with Gasteiger partial charge in [-0.25, -0.2) is 0 Å². The number of hydrogen-bond donors (Lipinski definition) is 1. The fraction of sp³-hybridized carbons (Fsp3) is 0.238. The Kier molecular flexibility index (Phi) is 3.68. The zero-order chi connectivity index (χ0) is 17.4. The van der Waals surface area contributed by atoms with Crippen LogP contribution in [0.3, 0.4) is 0 Å². The molecule has 0 aliphatic carbocycles. The van der Waals surface area contributed by atoms with E-state index in [1.807, 2.05) is 48.5 Å². The molecule has 0 atom stereocenters. The standard InChI is InChI=1S/C21H20N2O2/c1-21(2)10-9-15-12-16(6-8-19(15)25-21)20(24)23-17-7-5-14-4-3-11-22-18(14)13-17/h3-8,11-13H,9-10H2,1-2H3,(H,23,24). The lowest BCUT2D eigenvalue weighted by molar-refractivity contribution is 0.0846. The number of pyridine rings is 1. The zero-order valence-corrected chi connectivity index (χ0v) is 14.4. The monoisotopic (exact) mass is 332 g/mol. The maximum atomic E-state index is 12.6. The molecule has 25 heavy (non-hydrogen) atoms. The number of carbonyl (C=O) groups excluding carboxylic acids is 1. The molecule has 4 heteroatoms. The number of nitrogens with one attached hydrogen (secondary N) is 1. The Morgan fingerprint density at radius 1 is 1.16 bits per heavy atom. The second-order valence-corrected chi connectivity index (χ2v) is 7.05. The number of hydrogen-bond acceptors (Lipinski definition) is 3. The summed E-state index contributed by atoms with van der Waals surface area (Å²) in [6.45, 7) is 4.18. The van der Waals surface area contributed by atoms with E-state index in [-0.39, 0.29) is 11.5 Å². The maximum Gasteiger partial charge on any atom is 0.255 e. The minimum Gasteiger partial charge on any atom is -0.488 e. The first-order valence-corrected chi connectivity index (χ1v) is 8.48. The highest BCUT2D eigenvalue weighted by Gasteiger charge is 2.26. The van der Waals surface area contributed by atoms with Crippen LogP contribution in [0.5, 0.6) is 5.75 Å². The van der Waals surface area contributed by atoms with E-state index < -0.39 is 0 Å². The van der Waals surface area contributed by atoms with E-state index in [9.17, 15) is 4.79 Å². The van der Waals surface area contributed by atoms with Crippen molar-refractivity contribution in [3.8, 4) is 5.75 Å². The molecule has 0 unspecified atom stereocenters. The maximum absolute atomic E-state index is 12.6. The second kappa shape index (κ2) is 5.88. The molecule has 0 spiro atoms. The summed E-state index contributed by atoms with van der Waals surface area (Å²) in [5.41, 5.74) is 3.19. The molecule has 0 bridgehead atoms. The van der Waals surface area contributed by atoms with Gasteiger partial charge in [0.05, 0.1) is 5.52 Å². The summed E-state index contributed by atoms with van der Waals surface area (Å²) in [5.74, 6) is 0.755. The number of anilines is 1. The number of carbonyl (C=O) groups is 1. The molecule has 1 N–H and O–H groups in total. The van der Waals surface area contributed by atoms with E-state index >= 15 is 0 Å². The number of nitrogens with zero attached hydrogens (tertiary/aromatic N) is 1. The highest BCUT2D eigenvalue weighted by Crippen LogP contribution is 2.33. The molecule has 4 nitrogen and oxygen atoms in total. The summed E-state index contributed by atoms with van der Waals surface area (Å²) in [6, 6.07) is 15.3. The fourth-order valence-corrected chi connectivity index (χ4v) is 3.15. The smallest absolute Gasteiger partial charge is 0.255 e. The van der Waals surface area contributed by atoms with Gasteiger partial charge < -0.3 is 10.1 Å². The Morgan fingerprint density at radius 3 is 2.92 bits per heavy atom. The Balaban J connectivity index is 1.56. The molecular weight excluding hydrogens is 312 g/mol. The van der Waals surface area contributed by atoms with Gasteiger partial charge in [0, 0.05) is 22.8 Å². The lowest BCUT2D eigenvalue weighted by atomic mass is 9.93. The van der Waals surface area contributed by atoms with Crippen molar-refractivity contribution in [2.75, 3.05) is 5.32 Å². The van der Waals surface area contributed by atoms with Crippen molar-refractivity contribution in [2.45, 2.75) is 32.3 Å². The summed E-state index contributed by atoms with van der Waals surface area (Å²) in [4.78, 5) is 16.9. The number of amides is 1. The van der Waals surface area contributed by atoms with Crippen molar-refractivity contribution in [3.63, 3.8) is 0 Å². The van der Waals surface area contributed by atoms with Gasteiger partial charge in [-0.1, -0.05) is 12.1 Å². The van der Waals surface area contributed by atoms with E-state index in [1.54, 1.807) is 6.20 Å². The van der Waals surface area contributed by atoms with Gasteiger partial charge in [0.15, 0.2) is 0 Å². The van der Waals surface area contributed by atoms with Crippen molar-refractivity contribution >= 4 is 22.5 Å². The third kappa shape index (κ3) is 3.20. The Bertz CT molecular complexity index is 963. The van der Waals surface area contributed by atoms with Crippen LogP contribution in [0.2, 0.25) is 0 Å². The first-order valence-electron chi connectivity index (χ1n) is 8.48. The van der Waals surface area contributed by atoms with Gasteiger partial charge in [0.25, 0.3) is 5.91 Å². The summed E-state index contributed by atoms with van der Waals surface area (Å²) in [6.07, 6.45) is 3.61. The van der Waals surface area contributed by atoms with E-state index in [4.69, 9.17) is 4.74 Å². The molecule has 0 radical (unpaired) electrons. The molecule has 126 valence electrons. The largest absolute Gasteiger partial charge is 0.488 e. The topological polar surface area (TPSA) is 51.2 Å². The van der Waals surface area contributed by atoms with Crippen LogP contribution in [-0.2, 0) is 6.42 Å². The first-order chi connectivity index (χ1) is 12.0. The van der Waals surface area contributed by atoms with E-state index in [0.717, 1.165) is 40.7 Å². The van der Waals surface area contributed by atoms with Crippen LogP contribution in [0.4, 0.5) is 5.69 Å². The average Bonchev–Trinajstić information content (AvgIpc) is 2.60. The van der Waals surface area contributed by atoms with Crippen molar-refractivity contribution < 1.29 is 9.53 Å². The summed E-state index contributed by atoms with van der Waals surface area (Å²) >= 11 is 0. The lowest BCUT2D eigenvalue weighted by Gasteiger charge is -2.32. The third-order valence-electron chi connectivity index (χ3n) is 4.57.